The number of hydrogen-bond donors (Lipinski definition) is 2. The van der Waals surface area contributed by atoms with Crippen molar-refractivity contribution in [2.75, 3.05) is 11.6 Å². The van der Waals surface area contributed by atoms with Crippen molar-refractivity contribution in [1.29, 1.82) is 0 Å². The number of benzene rings is 1. The van der Waals surface area contributed by atoms with Gasteiger partial charge in [0.2, 0.25) is 11.8 Å². The Bertz CT molecular complexity index is 654. The second-order valence-corrected chi connectivity index (χ2v) is 5.21. The highest BCUT2D eigenvalue weighted by molar-refractivity contribution is 7.98. The molecule has 0 radical (unpaired) electrons. The van der Waals surface area contributed by atoms with E-state index in [4.69, 9.17) is 9.52 Å². The largest absolute Gasteiger partial charge is 0.481 e. The SMILES string of the molecule is CSc1nnc(-c2ccc(NC(=O)CCCC(=O)O)cc2)o1. The van der Waals surface area contributed by atoms with E-state index in [-0.39, 0.29) is 18.7 Å². The smallest absolute Gasteiger partial charge is 0.303 e. The van der Waals surface area contributed by atoms with Crippen molar-refractivity contribution < 1.29 is 19.1 Å². The summed E-state index contributed by atoms with van der Waals surface area (Å²) >= 11 is 1.37. The molecular weight excluding hydrogens is 306 g/mol. The number of aliphatic carboxylic acids is 1. The second-order valence-electron chi connectivity index (χ2n) is 4.45. The Hall–Kier alpha value is -2.35. The van der Waals surface area contributed by atoms with Crippen LogP contribution in [0.1, 0.15) is 19.3 Å². The van der Waals surface area contributed by atoms with E-state index in [2.05, 4.69) is 15.5 Å². The van der Waals surface area contributed by atoms with Gasteiger partial charge in [0.05, 0.1) is 0 Å². The third-order valence-electron chi connectivity index (χ3n) is 2.79. The number of anilines is 1. The van der Waals surface area contributed by atoms with Gasteiger partial charge in [-0.15, -0.1) is 10.2 Å². The Kier molecular flexibility index (Phi) is 5.54. The first kappa shape index (κ1) is 16.0. The van der Waals surface area contributed by atoms with E-state index in [0.29, 0.717) is 23.2 Å². The minimum atomic E-state index is -0.902. The first-order valence-electron chi connectivity index (χ1n) is 6.58. The fourth-order valence-corrected chi connectivity index (χ4v) is 2.01. The van der Waals surface area contributed by atoms with E-state index >= 15 is 0 Å². The summed E-state index contributed by atoms with van der Waals surface area (Å²) in [6, 6.07) is 7.00. The van der Waals surface area contributed by atoms with Crippen LogP contribution in [0, 0.1) is 0 Å². The number of carbonyl (C=O) groups is 2. The normalized spacial score (nSPS) is 10.4. The predicted octanol–water partition coefficient (Wildman–Crippen LogP) is 2.65. The lowest BCUT2D eigenvalue weighted by Crippen LogP contribution is -2.11. The van der Waals surface area contributed by atoms with Crippen molar-refractivity contribution in [2.24, 2.45) is 0 Å². The molecule has 0 saturated carbocycles. The van der Waals surface area contributed by atoms with Crippen LogP contribution in [-0.4, -0.2) is 33.4 Å². The van der Waals surface area contributed by atoms with Gasteiger partial charge in [0, 0.05) is 24.1 Å². The number of aromatic nitrogens is 2. The number of carbonyl (C=O) groups excluding carboxylic acids is 1. The van der Waals surface area contributed by atoms with Crippen LogP contribution in [-0.2, 0) is 9.59 Å². The van der Waals surface area contributed by atoms with Crippen molar-refractivity contribution in [3.63, 3.8) is 0 Å². The van der Waals surface area contributed by atoms with Gasteiger partial charge >= 0.3 is 5.97 Å². The minimum absolute atomic E-state index is 0.0126. The number of carboxylic acids is 1. The van der Waals surface area contributed by atoms with Crippen LogP contribution >= 0.6 is 11.8 Å². The molecule has 2 aromatic rings. The third kappa shape index (κ3) is 4.59. The fraction of sp³-hybridized carbons (Fsp3) is 0.286. The molecule has 0 atom stereocenters. The number of rotatable bonds is 7. The molecule has 0 saturated heterocycles. The molecule has 0 aliphatic carbocycles. The first-order valence-corrected chi connectivity index (χ1v) is 7.80. The zero-order chi connectivity index (χ0) is 15.9. The number of nitrogens with zero attached hydrogens (tertiary/aromatic N) is 2. The molecule has 0 unspecified atom stereocenters. The van der Waals surface area contributed by atoms with Gasteiger partial charge in [0.25, 0.3) is 5.22 Å². The summed E-state index contributed by atoms with van der Waals surface area (Å²) in [6.07, 6.45) is 2.33. The number of thioether (sulfide) groups is 1. The van der Waals surface area contributed by atoms with Crippen molar-refractivity contribution in [3.05, 3.63) is 24.3 Å². The van der Waals surface area contributed by atoms with E-state index < -0.39 is 5.97 Å². The Morgan fingerprint density at radius 3 is 2.55 bits per heavy atom. The van der Waals surface area contributed by atoms with Gasteiger partial charge in [0.1, 0.15) is 0 Å². The van der Waals surface area contributed by atoms with Gasteiger partial charge in [0.15, 0.2) is 0 Å². The summed E-state index contributed by atoms with van der Waals surface area (Å²) in [5.41, 5.74) is 1.39. The Labute approximate surface area is 131 Å². The molecule has 2 rings (SSSR count). The molecule has 2 N–H and O–H groups in total. The minimum Gasteiger partial charge on any atom is -0.481 e. The molecule has 22 heavy (non-hydrogen) atoms. The molecule has 8 heteroatoms. The summed E-state index contributed by atoms with van der Waals surface area (Å²) in [5.74, 6) is -0.693. The Balaban J connectivity index is 1.91. The van der Waals surface area contributed by atoms with E-state index in [9.17, 15) is 9.59 Å². The topological polar surface area (TPSA) is 105 Å². The van der Waals surface area contributed by atoms with Crippen molar-refractivity contribution in [2.45, 2.75) is 24.5 Å². The molecular formula is C14H15N3O4S. The van der Waals surface area contributed by atoms with Crippen LogP contribution in [0.25, 0.3) is 11.5 Å². The maximum atomic E-state index is 11.6. The van der Waals surface area contributed by atoms with Crippen LogP contribution < -0.4 is 5.32 Å². The van der Waals surface area contributed by atoms with Crippen molar-refractivity contribution >= 4 is 29.3 Å². The quantitative estimate of drug-likeness (QED) is 0.755. The molecule has 1 aromatic carbocycles. The lowest BCUT2D eigenvalue weighted by atomic mass is 10.2. The second kappa shape index (κ2) is 7.60. The van der Waals surface area contributed by atoms with E-state index in [1.54, 1.807) is 24.3 Å². The van der Waals surface area contributed by atoms with Crippen molar-refractivity contribution in [3.8, 4) is 11.5 Å². The molecule has 7 nitrogen and oxygen atoms in total. The first-order chi connectivity index (χ1) is 10.6. The van der Waals surface area contributed by atoms with Gasteiger partial charge in [-0.2, -0.15) is 0 Å². The molecule has 1 amide bonds. The number of carboxylic acid groups (broad SMARTS) is 1. The maximum Gasteiger partial charge on any atom is 0.303 e. The monoisotopic (exact) mass is 321 g/mol. The fourth-order valence-electron chi connectivity index (χ4n) is 1.73. The maximum absolute atomic E-state index is 11.6. The molecule has 0 aliphatic heterocycles. The molecule has 0 fully saturated rings. The lowest BCUT2D eigenvalue weighted by molar-refractivity contribution is -0.137. The van der Waals surface area contributed by atoms with Crippen molar-refractivity contribution in [1.82, 2.24) is 10.2 Å². The van der Waals surface area contributed by atoms with E-state index in [1.807, 2.05) is 6.26 Å². The van der Waals surface area contributed by atoms with Crippen LogP contribution in [0.3, 0.4) is 0 Å². The Morgan fingerprint density at radius 2 is 1.95 bits per heavy atom. The van der Waals surface area contributed by atoms with Gasteiger partial charge < -0.3 is 14.8 Å². The summed E-state index contributed by atoms with van der Waals surface area (Å²) < 4.78 is 5.41. The summed E-state index contributed by atoms with van der Waals surface area (Å²) in [7, 11) is 0. The van der Waals surface area contributed by atoms with Crippen LogP contribution in [0.15, 0.2) is 33.9 Å². The Morgan fingerprint density at radius 1 is 1.23 bits per heavy atom. The van der Waals surface area contributed by atoms with Gasteiger partial charge in [-0.3, -0.25) is 9.59 Å². The predicted molar refractivity (Wildman–Crippen MR) is 81.6 cm³/mol. The van der Waals surface area contributed by atoms with Gasteiger partial charge in [-0.25, -0.2) is 0 Å². The summed E-state index contributed by atoms with van der Waals surface area (Å²) in [6.45, 7) is 0. The van der Waals surface area contributed by atoms with Crippen LogP contribution in [0.5, 0.6) is 0 Å². The highest BCUT2D eigenvalue weighted by Crippen LogP contribution is 2.23. The zero-order valence-electron chi connectivity index (χ0n) is 11.9. The van der Waals surface area contributed by atoms with E-state index in [0.717, 1.165) is 5.56 Å². The molecule has 0 bridgehead atoms. The molecule has 0 spiro atoms. The molecule has 0 aliphatic rings. The standard InChI is InChI=1S/C14H15N3O4S/c1-22-14-17-16-13(21-14)9-5-7-10(8-6-9)15-11(18)3-2-4-12(19)20/h5-8H,2-4H2,1H3,(H,15,18)(H,19,20). The molecule has 1 aromatic heterocycles. The van der Waals surface area contributed by atoms with Gasteiger partial charge in [-0.05, 0) is 36.9 Å². The van der Waals surface area contributed by atoms with Gasteiger partial charge in [-0.1, -0.05) is 11.8 Å². The lowest BCUT2D eigenvalue weighted by Gasteiger charge is -2.05. The average Bonchev–Trinajstić information content (AvgIpc) is 2.96. The number of hydrogen-bond acceptors (Lipinski definition) is 6. The number of amides is 1. The third-order valence-corrected chi connectivity index (χ3v) is 3.31. The molecule has 1 heterocycles. The summed E-state index contributed by atoms with van der Waals surface area (Å²) in [5, 5.41) is 19.5. The van der Waals surface area contributed by atoms with Crippen LogP contribution in [0.2, 0.25) is 0 Å². The number of nitrogens with one attached hydrogen (secondary N) is 1. The molecule has 116 valence electrons. The highest BCUT2D eigenvalue weighted by Gasteiger charge is 2.08. The summed E-state index contributed by atoms with van der Waals surface area (Å²) in [4.78, 5) is 22.0. The van der Waals surface area contributed by atoms with E-state index in [1.165, 1.54) is 11.8 Å². The zero-order valence-corrected chi connectivity index (χ0v) is 12.7. The average molecular weight is 321 g/mol. The highest BCUT2D eigenvalue weighted by atomic mass is 32.2. The van der Waals surface area contributed by atoms with Crippen LogP contribution in [0.4, 0.5) is 5.69 Å².